The molecule has 1 aromatic heterocycles. The van der Waals surface area contributed by atoms with Crippen molar-refractivity contribution in [2.24, 2.45) is 5.92 Å². The molecule has 1 aliphatic rings. The smallest absolute Gasteiger partial charge is 0.254 e. The largest absolute Gasteiger partial charge is 0.493 e. The number of piperidine rings is 1. The Hall–Kier alpha value is -3.23. The number of ether oxygens (including phenoxy) is 3. The van der Waals surface area contributed by atoms with Gasteiger partial charge in [-0.2, -0.15) is 0 Å². The van der Waals surface area contributed by atoms with E-state index in [4.69, 9.17) is 18.7 Å². The van der Waals surface area contributed by atoms with Crippen LogP contribution >= 0.6 is 0 Å². The van der Waals surface area contributed by atoms with Gasteiger partial charge in [-0.15, -0.1) is 0 Å². The van der Waals surface area contributed by atoms with Gasteiger partial charge >= 0.3 is 0 Å². The maximum absolute atomic E-state index is 13.1. The van der Waals surface area contributed by atoms with Crippen LogP contribution in [-0.4, -0.2) is 62.8 Å². The normalized spacial score (nSPS) is 14.2. The Morgan fingerprint density at radius 2 is 1.73 bits per heavy atom. The number of hydrogen-bond donors (Lipinski definition) is 1. The average molecular weight is 460 g/mol. The van der Waals surface area contributed by atoms with Gasteiger partial charge in [0, 0.05) is 37.2 Å². The van der Waals surface area contributed by atoms with Crippen molar-refractivity contribution in [3.63, 3.8) is 0 Å². The van der Waals surface area contributed by atoms with Crippen molar-refractivity contribution in [2.45, 2.75) is 39.5 Å². The van der Waals surface area contributed by atoms with Crippen molar-refractivity contribution in [3.8, 4) is 17.2 Å². The third-order valence-corrected chi connectivity index (χ3v) is 6.17. The highest BCUT2D eigenvalue weighted by molar-refractivity contribution is 5.95. The highest BCUT2D eigenvalue weighted by atomic mass is 16.5. The number of aromatic nitrogens is 1. The minimum atomic E-state index is -0.0865. The Bertz CT molecular complexity index is 934. The molecular weight excluding hydrogens is 426 g/mol. The van der Waals surface area contributed by atoms with Gasteiger partial charge in [0.1, 0.15) is 5.76 Å². The van der Waals surface area contributed by atoms with E-state index in [0.29, 0.717) is 55.3 Å². The number of nitrogens with zero attached hydrogens (tertiary/aromatic N) is 2. The molecule has 3 rings (SSSR count). The molecule has 9 nitrogen and oxygen atoms in total. The first-order valence-corrected chi connectivity index (χ1v) is 11.2. The van der Waals surface area contributed by atoms with Crippen LogP contribution < -0.4 is 19.5 Å². The number of benzene rings is 1. The van der Waals surface area contributed by atoms with E-state index in [0.717, 1.165) is 29.9 Å². The maximum atomic E-state index is 13.1. The van der Waals surface area contributed by atoms with Crippen LogP contribution in [-0.2, 0) is 11.2 Å². The van der Waals surface area contributed by atoms with Gasteiger partial charge in [-0.3, -0.25) is 9.59 Å². The summed E-state index contributed by atoms with van der Waals surface area (Å²) < 4.78 is 21.2. The van der Waals surface area contributed by atoms with E-state index < -0.39 is 0 Å². The van der Waals surface area contributed by atoms with Gasteiger partial charge < -0.3 is 29.0 Å². The van der Waals surface area contributed by atoms with Crippen molar-refractivity contribution in [1.29, 1.82) is 0 Å². The fraction of sp³-hybridized carbons (Fsp3) is 0.542. The van der Waals surface area contributed by atoms with Crippen LogP contribution in [0.25, 0.3) is 0 Å². The topological polar surface area (TPSA) is 103 Å². The minimum Gasteiger partial charge on any atom is -0.493 e. The molecule has 0 radical (unpaired) electrons. The Morgan fingerprint density at radius 3 is 2.24 bits per heavy atom. The van der Waals surface area contributed by atoms with E-state index in [1.54, 1.807) is 12.1 Å². The average Bonchev–Trinajstić information content (AvgIpc) is 3.15. The van der Waals surface area contributed by atoms with E-state index >= 15 is 0 Å². The van der Waals surface area contributed by atoms with E-state index in [2.05, 4.69) is 10.5 Å². The molecule has 1 saturated heterocycles. The lowest BCUT2D eigenvalue weighted by molar-refractivity contribution is -0.122. The number of hydrogen-bond acceptors (Lipinski definition) is 7. The molecule has 33 heavy (non-hydrogen) atoms. The quantitative estimate of drug-likeness (QED) is 0.615. The summed E-state index contributed by atoms with van der Waals surface area (Å²) in [5.74, 6) is 2.36. The summed E-state index contributed by atoms with van der Waals surface area (Å²) in [4.78, 5) is 27.2. The molecule has 0 unspecified atom stereocenters. The van der Waals surface area contributed by atoms with Crippen LogP contribution in [0.4, 0.5) is 0 Å². The van der Waals surface area contributed by atoms with Crippen LogP contribution in [0.3, 0.4) is 0 Å². The van der Waals surface area contributed by atoms with Crippen LogP contribution in [0.2, 0.25) is 0 Å². The number of nitrogens with one attached hydrogen (secondary N) is 1. The maximum Gasteiger partial charge on any atom is 0.254 e. The van der Waals surface area contributed by atoms with Crippen molar-refractivity contribution >= 4 is 11.8 Å². The molecule has 2 amide bonds. The molecule has 2 heterocycles. The van der Waals surface area contributed by atoms with Crippen molar-refractivity contribution in [1.82, 2.24) is 15.4 Å². The molecule has 0 saturated carbocycles. The van der Waals surface area contributed by atoms with Crippen molar-refractivity contribution in [3.05, 3.63) is 34.7 Å². The second kappa shape index (κ2) is 11.1. The van der Waals surface area contributed by atoms with Crippen LogP contribution in [0.15, 0.2) is 16.7 Å². The summed E-state index contributed by atoms with van der Waals surface area (Å²) in [6.45, 7) is 5.55. The summed E-state index contributed by atoms with van der Waals surface area (Å²) in [5, 5.41) is 6.93. The number of carbonyl (C=O) groups is 2. The molecule has 1 aromatic carbocycles. The third kappa shape index (κ3) is 5.77. The second-order valence-corrected chi connectivity index (χ2v) is 8.26. The van der Waals surface area contributed by atoms with Crippen LogP contribution in [0.1, 0.15) is 46.6 Å². The number of carbonyl (C=O) groups excluding carboxylic acids is 2. The predicted octanol–water partition coefficient (Wildman–Crippen LogP) is 2.92. The first-order valence-electron chi connectivity index (χ1n) is 11.2. The van der Waals surface area contributed by atoms with Gasteiger partial charge in [0.15, 0.2) is 11.5 Å². The van der Waals surface area contributed by atoms with E-state index in [-0.39, 0.29) is 17.7 Å². The van der Waals surface area contributed by atoms with Gasteiger partial charge in [0.05, 0.1) is 27.0 Å². The fourth-order valence-corrected chi connectivity index (χ4v) is 4.25. The molecule has 0 atom stereocenters. The summed E-state index contributed by atoms with van der Waals surface area (Å²) in [5.41, 5.74) is 2.40. The monoisotopic (exact) mass is 459 g/mol. The number of likely N-dealkylation sites (tertiary alicyclic amines) is 1. The molecule has 1 N–H and O–H groups in total. The molecule has 1 fully saturated rings. The zero-order chi connectivity index (χ0) is 24.0. The van der Waals surface area contributed by atoms with Crippen molar-refractivity contribution < 1.29 is 28.3 Å². The lowest BCUT2D eigenvalue weighted by atomic mass is 9.92. The number of methoxy groups -OCH3 is 3. The highest BCUT2D eigenvalue weighted by Gasteiger charge is 2.27. The Labute approximate surface area is 194 Å². The molecule has 0 spiro atoms. The van der Waals surface area contributed by atoms with Crippen molar-refractivity contribution in [2.75, 3.05) is 41.0 Å². The standard InChI is InChI=1S/C24H33N3O6/c1-15-19(16(2)33-26-15)6-9-25-22(28)12-17-7-10-27(11-8-17)24(29)18-13-20(30-3)23(32-5)21(14-18)31-4/h13-14,17H,6-12H2,1-5H3,(H,25,28). The van der Waals surface area contributed by atoms with Crippen LogP contribution in [0.5, 0.6) is 17.2 Å². The molecule has 2 aromatic rings. The molecule has 180 valence electrons. The fourth-order valence-electron chi connectivity index (χ4n) is 4.25. The van der Waals surface area contributed by atoms with Gasteiger partial charge in [-0.25, -0.2) is 0 Å². The predicted molar refractivity (Wildman–Crippen MR) is 122 cm³/mol. The SMILES string of the molecule is COc1cc(C(=O)N2CCC(CC(=O)NCCc3c(C)noc3C)CC2)cc(OC)c1OC. The zero-order valence-electron chi connectivity index (χ0n) is 20.0. The van der Waals surface area contributed by atoms with E-state index in [1.165, 1.54) is 21.3 Å². The number of amides is 2. The van der Waals surface area contributed by atoms with Gasteiger partial charge in [0.2, 0.25) is 11.7 Å². The van der Waals surface area contributed by atoms with Gasteiger partial charge in [0.25, 0.3) is 5.91 Å². The summed E-state index contributed by atoms with van der Waals surface area (Å²) in [6, 6.07) is 3.34. The van der Waals surface area contributed by atoms with Gasteiger partial charge in [-0.05, 0) is 51.2 Å². The Morgan fingerprint density at radius 1 is 1.09 bits per heavy atom. The summed E-state index contributed by atoms with van der Waals surface area (Å²) in [7, 11) is 4.58. The number of rotatable bonds is 9. The minimum absolute atomic E-state index is 0.0381. The molecule has 0 bridgehead atoms. The number of aryl methyl sites for hydroxylation is 2. The first-order chi connectivity index (χ1) is 15.9. The van der Waals surface area contributed by atoms with E-state index in [1.807, 2.05) is 18.7 Å². The molecular formula is C24H33N3O6. The molecule has 9 heteroatoms. The Balaban J connectivity index is 1.49. The molecule has 0 aliphatic carbocycles. The lowest BCUT2D eigenvalue weighted by Crippen LogP contribution is -2.39. The lowest BCUT2D eigenvalue weighted by Gasteiger charge is -2.32. The van der Waals surface area contributed by atoms with Crippen LogP contribution in [0, 0.1) is 19.8 Å². The third-order valence-electron chi connectivity index (χ3n) is 6.17. The summed E-state index contributed by atoms with van der Waals surface area (Å²) in [6.07, 6.45) is 2.74. The first kappa shape index (κ1) is 24.4. The highest BCUT2D eigenvalue weighted by Crippen LogP contribution is 2.38. The van der Waals surface area contributed by atoms with Gasteiger partial charge in [-0.1, -0.05) is 5.16 Å². The zero-order valence-corrected chi connectivity index (χ0v) is 20.0. The second-order valence-electron chi connectivity index (χ2n) is 8.26. The molecule has 1 aliphatic heterocycles. The summed E-state index contributed by atoms with van der Waals surface area (Å²) >= 11 is 0. The Kier molecular flexibility index (Phi) is 8.19. The van der Waals surface area contributed by atoms with E-state index in [9.17, 15) is 9.59 Å².